The minimum atomic E-state index is -0.525. The van der Waals surface area contributed by atoms with E-state index in [9.17, 15) is 14.4 Å². The highest BCUT2D eigenvalue weighted by Crippen LogP contribution is 2.21. The van der Waals surface area contributed by atoms with Crippen molar-refractivity contribution in [1.29, 1.82) is 0 Å². The van der Waals surface area contributed by atoms with E-state index in [0.717, 1.165) is 10.4 Å². The van der Waals surface area contributed by atoms with Crippen molar-refractivity contribution in [3.63, 3.8) is 0 Å². The molecule has 0 bridgehead atoms. The largest absolute Gasteiger partial charge is 0.324 e. The number of rotatable bonds is 3. The molecule has 3 amide bonds. The number of carbonyl (C=O) groups is 3. The molecular formula is C16H11N5O3. The number of aromatic amines is 1. The van der Waals surface area contributed by atoms with E-state index >= 15 is 0 Å². The Balaban J connectivity index is 1.51. The molecule has 2 N–H and O–H groups in total. The Bertz CT molecular complexity index is 926. The van der Waals surface area contributed by atoms with Crippen molar-refractivity contribution in [2.24, 2.45) is 0 Å². The lowest BCUT2D eigenvalue weighted by molar-refractivity contribution is -0.116. The van der Waals surface area contributed by atoms with E-state index in [1.165, 1.54) is 18.5 Å². The average molecular weight is 321 g/mol. The number of pyridine rings is 1. The van der Waals surface area contributed by atoms with Gasteiger partial charge in [-0.3, -0.25) is 29.6 Å². The van der Waals surface area contributed by atoms with Gasteiger partial charge in [-0.05, 0) is 18.2 Å². The molecule has 0 spiro atoms. The van der Waals surface area contributed by atoms with Crippen LogP contribution >= 0.6 is 0 Å². The fourth-order valence-corrected chi connectivity index (χ4v) is 2.61. The number of fused-ring (bicyclic) bond motifs is 2. The molecule has 0 fully saturated rings. The van der Waals surface area contributed by atoms with Crippen LogP contribution in [-0.2, 0) is 4.79 Å². The van der Waals surface area contributed by atoms with E-state index in [0.29, 0.717) is 5.52 Å². The van der Waals surface area contributed by atoms with Gasteiger partial charge in [0, 0.05) is 12.4 Å². The van der Waals surface area contributed by atoms with Gasteiger partial charge in [0.15, 0.2) is 0 Å². The average Bonchev–Trinajstić information content (AvgIpc) is 3.09. The van der Waals surface area contributed by atoms with Crippen LogP contribution in [0.1, 0.15) is 20.7 Å². The van der Waals surface area contributed by atoms with Crippen LogP contribution in [-0.4, -0.2) is 44.1 Å². The number of aromatic nitrogens is 3. The summed E-state index contributed by atoms with van der Waals surface area (Å²) >= 11 is 0. The predicted molar refractivity (Wildman–Crippen MR) is 84.3 cm³/mol. The summed E-state index contributed by atoms with van der Waals surface area (Å²) in [7, 11) is 0. The molecule has 0 saturated carbocycles. The zero-order valence-corrected chi connectivity index (χ0v) is 12.3. The first kappa shape index (κ1) is 14.1. The molecular weight excluding hydrogens is 310 g/mol. The lowest BCUT2D eigenvalue weighted by Gasteiger charge is -2.12. The number of carbonyl (C=O) groups excluding carboxylic acids is 3. The molecule has 3 aromatic rings. The SMILES string of the molecule is O=C(CN1C(=O)c2ccncc2C1=O)Nc1nc2ccccc2[nH]1. The summed E-state index contributed by atoms with van der Waals surface area (Å²) in [6.07, 6.45) is 2.76. The van der Waals surface area contributed by atoms with Crippen LogP contribution < -0.4 is 5.32 Å². The maximum Gasteiger partial charge on any atom is 0.263 e. The third-order valence-electron chi connectivity index (χ3n) is 3.72. The van der Waals surface area contributed by atoms with E-state index in [2.05, 4.69) is 20.3 Å². The normalized spacial score (nSPS) is 13.4. The second-order valence-electron chi connectivity index (χ2n) is 5.27. The van der Waals surface area contributed by atoms with Gasteiger partial charge >= 0.3 is 0 Å². The number of amides is 3. The van der Waals surface area contributed by atoms with Gasteiger partial charge in [-0.2, -0.15) is 0 Å². The predicted octanol–water partition coefficient (Wildman–Crippen LogP) is 1.19. The number of H-pyrrole nitrogens is 1. The number of hydrogen-bond donors (Lipinski definition) is 2. The molecule has 0 aliphatic carbocycles. The van der Waals surface area contributed by atoms with Gasteiger partial charge in [-0.1, -0.05) is 12.1 Å². The summed E-state index contributed by atoms with van der Waals surface area (Å²) < 4.78 is 0. The molecule has 1 aliphatic rings. The lowest BCUT2D eigenvalue weighted by atomic mass is 10.2. The number of imidazole rings is 1. The number of imide groups is 1. The van der Waals surface area contributed by atoms with Crippen LogP contribution in [0.2, 0.25) is 0 Å². The van der Waals surface area contributed by atoms with Gasteiger partial charge in [0.2, 0.25) is 11.9 Å². The van der Waals surface area contributed by atoms with Crippen LogP contribution in [0.3, 0.4) is 0 Å². The summed E-state index contributed by atoms with van der Waals surface area (Å²) in [6.45, 7) is -0.386. The molecule has 0 radical (unpaired) electrons. The first-order chi connectivity index (χ1) is 11.6. The van der Waals surface area contributed by atoms with Crippen molar-refractivity contribution in [3.8, 4) is 0 Å². The Hall–Kier alpha value is -3.55. The van der Waals surface area contributed by atoms with Gasteiger partial charge in [-0.25, -0.2) is 4.98 Å². The Morgan fingerprint density at radius 3 is 2.71 bits per heavy atom. The molecule has 2 aromatic heterocycles. The van der Waals surface area contributed by atoms with Gasteiger partial charge < -0.3 is 4.98 Å². The van der Waals surface area contributed by atoms with Crippen molar-refractivity contribution in [3.05, 3.63) is 53.9 Å². The topological polar surface area (TPSA) is 108 Å². The highest BCUT2D eigenvalue weighted by Gasteiger charge is 2.36. The molecule has 0 unspecified atom stereocenters. The summed E-state index contributed by atoms with van der Waals surface area (Å²) in [6, 6.07) is 8.78. The van der Waals surface area contributed by atoms with Crippen molar-refractivity contribution in [2.75, 3.05) is 11.9 Å². The second-order valence-corrected chi connectivity index (χ2v) is 5.27. The first-order valence-electron chi connectivity index (χ1n) is 7.18. The number of anilines is 1. The third-order valence-corrected chi connectivity index (χ3v) is 3.72. The summed E-state index contributed by atoms with van der Waals surface area (Å²) in [5, 5.41) is 2.56. The zero-order valence-electron chi connectivity index (χ0n) is 12.3. The monoisotopic (exact) mass is 321 g/mol. The summed E-state index contributed by atoms with van der Waals surface area (Å²) in [4.78, 5) is 48.5. The van der Waals surface area contributed by atoms with Crippen molar-refractivity contribution >= 4 is 34.7 Å². The Labute approximate surface area is 135 Å². The molecule has 1 aliphatic heterocycles. The van der Waals surface area contributed by atoms with Gasteiger partial charge in [-0.15, -0.1) is 0 Å². The Morgan fingerprint density at radius 1 is 1.12 bits per heavy atom. The van der Waals surface area contributed by atoms with Crippen LogP contribution in [0.4, 0.5) is 5.95 Å². The number of nitrogens with zero attached hydrogens (tertiary/aromatic N) is 3. The van der Waals surface area contributed by atoms with E-state index in [4.69, 9.17) is 0 Å². The smallest absolute Gasteiger partial charge is 0.263 e. The number of nitrogens with one attached hydrogen (secondary N) is 2. The molecule has 24 heavy (non-hydrogen) atoms. The number of para-hydroxylation sites is 2. The fraction of sp³-hybridized carbons (Fsp3) is 0.0625. The summed E-state index contributed by atoms with van der Waals surface area (Å²) in [5.74, 6) is -1.28. The van der Waals surface area contributed by atoms with Crippen LogP contribution in [0, 0.1) is 0 Å². The zero-order chi connectivity index (χ0) is 16.7. The highest BCUT2D eigenvalue weighted by molar-refractivity contribution is 6.22. The van der Waals surface area contributed by atoms with Gasteiger partial charge in [0.05, 0.1) is 22.2 Å². The van der Waals surface area contributed by atoms with Crippen molar-refractivity contribution in [2.45, 2.75) is 0 Å². The van der Waals surface area contributed by atoms with E-state index in [-0.39, 0.29) is 23.6 Å². The van der Waals surface area contributed by atoms with Crippen molar-refractivity contribution < 1.29 is 14.4 Å². The molecule has 3 heterocycles. The summed E-state index contributed by atoms with van der Waals surface area (Å²) in [5.41, 5.74) is 1.95. The molecule has 118 valence electrons. The fourth-order valence-electron chi connectivity index (χ4n) is 2.61. The first-order valence-corrected chi connectivity index (χ1v) is 7.18. The maximum absolute atomic E-state index is 12.2. The molecule has 0 saturated heterocycles. The Kier molecular flexibility index (Phi) is 3.09. The molecule has 8 heteroatoms. The van der Waals surface area contributed by atoms with Crippen LogP contribution in [0.15, 0.2) is 42.7 Å². The van der Waals surface area contributed by atoms with E-state index in [1.54, 1.807) is 6.07 Å². The number of hydrogen-bond acceptors (Lipinski definition) is 5. The standard InChI is InChI=1S/C16H11N5O3/c22-13(20-16-18-11-3-1-2-4-12(11)19-16)8-21-14(23)9-5-6-17-7-10(9)15(21)24/h1-7H,8H2,(H2,18,19,20,22). The van der Waals surface area contributed by atoms with Crippen LogP contribution in [0.25, 0.3) is 11.0 Å². The molecule has 0 atom stereocenters. The minimum Gasteiger partial charge on any atom is -0.324 e. The third kappa shape index (κ3) is 2.21. The van der Waals surface area contributed by atoms with E-state index < -0.39 is 17.7 Å². The Morgan fingerprint density at radius 2 is 1.92 bits per heavy atom. The van der Waals surface area contributed by atoms with Gasteiger partial charge in [0.1, 0.15) is 6.54 Å². The highest BCUT2D eigenvalue weighted by atomic mass is 16.2. The quantitative estimate of drug-likeness (QED) is 0.705. The molecule has 4 rings (SSSR count). The van der Waals surface area contributed by atoms with Crippen LogP contribution in [0.5, 0.6) is 0 Å². The van der Waals surface area contributed by atoms with Crippen molar-refractivity contribution in [1.82, 2.24) is 19.9 Å². The minimum absolute atomic E-state index is 0.207. The molecule has 8 nitrogen and oxygen atoms in total. The molecule has 1 aromatic carbocycles. The lowest BCUT2D eigenvalue weighted by Crippen LogP contribution is -2.37. The maximum atomic E-state index is 12.2. The second kappa shape index (κ2) is 5.27. The van der Waals surface area contributed by atoms with E-state index in [1.807, 2.05) is 18.2 Å². The van der Waals surface area contributed by atoms with Gasteiger partial charge in [0.25, 0.3) is 11.8 Å². The number of benzene rings is 1.